The number of rotatable bonds is 2. The number of carbonyl (C=O) groups excluding carboxylic acids is 1. The summed E-state index contributed by atoms with van der Waals surface area (Å²) in [4.78, 5) is 15.9. The predicted octanol–water partition coefficient (Wildman–Crippen LogP) is 2.21. The van der Waals surface area contributed by atoms with Crippen molar-refractivity contribution >= 4 is 27.7 Å². The fourth-order valence-corrected chi connectivity index (χ4v) is 2.05. The first kappa shape index (κ1) is 11.5. The van der Waals surface area contributed by atoms with Crippen LogP contribution in [0.15, 0.2) is 22.8 Å². The van der Waals surface area contributed by atoms with Crippen molar-refractivity contribution in [3.8, 4) is 0 Å². The Hall–Kier alpha value is -0.940. The van der Waals surface area contributed by atoms with Crippen molar-refractivity contribution in [1.82, 2.24) is 4.98 Å². The number of hydrogen-bond donors (Lipinski definition) is 1. The quantitative estimate of drug-likeness (QED) is 0.906. The van der Waals surface area contributed by atoms with Crippen LogP contribution in [-0.2, 0) is 9.53 Å². The summed E-state index contributed by atoms with van der Waals surface area (Å²) < 4.78 is 6.15. The Balaban J connectivity index is 2.00. The number of halogens is 1. The van der Waals surface area contributed by atoms with Gasteiger partial charge < -0.3 is 10.1 Å². The maximum Gasteiger partial charge on any atom is 0.231 e. The highest BCUT2D eigenvalue weighted by atomic mass is 79.9. The molecule has 0 spiro atoms. The fraction of sp³-hybridized carbons (Fsp3) is 0.455. The number of carbonyl (C=O) groups is 1. The summed E-state index contributed by atoms with van der Waals surface area (Å²) in [5, 5.41) is 2.80. The number of aromatic nitrogens is 1. The molecule has 5 heteroatoms. The molecule has 2 atom stereocenters. The van der Waals surface area contributed by atoms with Crippen LogP contribution < -0.4 is 5.32 Å². The summed E-state index contributed by atoms with van der Waals surface area (Å²) in [6.07, 6.45) is 2.59. The third-order valence-corrected chi connectivity index (χ3v) is 3.21. The maximum absolute atomic E-state index is 11.9. The third-order valence-electron chi connectivity index (χ3n) is 2.57. The minimum atomic E-state index is -0.0658. The molecule has 1 N–H and O–H groups in total. The normalized spacial score (nSPS) is 24.4. The molecule has 0 aliphatic carbocycles. The van der Waals surface area contributed by atoms with Gasteiger partial charge in [-0.2, -0.15) is 0 Å². The molecular formula is C11H13BrN2O2. The fourth-order valence-electron chi connectivity index (χ4n) is 1.70. The summed E-state index contributed by atoms with van der Waals surface area (Å²) in [6.45, 7) is 2.47. The molecule has 0 bridgehead atoms. The smallest absolute Gasteiger partial charge is 0.231 e. The van der Waals surface area contributed by atoms with E-state index in [1.165, 1.54) is 0 Å². The first-order chi connectivity index (χ1) is 7.66. The maximum atomic E-state index is 11.9. The van der Waals surface area contributed by atoms with Crippen LogP contribution in [0.2, 0.25) is 0 Å². The van der Waals surface area contributed by atoms with Crippen LogP contribution in [0.4, 0.5) is 5.82 Å². The molecule has 2 heterocycles. The lowest BCUT2D eigenvalue weighted by Gasteiger charge is -2.09. The highest BCUT2D eigenvalue weighted by Gasteiger charge is 2.28. The highest BCUT2D eigenvalue weighted by molar-refractivity contribution is 9.10. The molecule has 16 heavy (non-hydrogen) atoms. The second-order valence-corrected chi connectivity index (χ2v) is 4.75. The molecule has 0 radical (unpaired) electrons. The number of hydrogen-bond acceptors (Lipinski definition) is 3. The average Bonchev–Trinajstić information content (AvgIpc) is 2.68. The Morgan fingerprint density at radius 3 is 3.12 bits per heavy atom. The van der Waals surface area contributed by atoms with E-state index in [1.54, 1.807) is 12.3 Å². The summed E-state index contributed by atoms with van der Waals surface area (Å²) >= 11 is 3.34. The number of amides is 1. The lowest BCUT2D eigenvalue weighted by Crippen LogP contribution is -2.23. The van der Waals surface area contributed by atoms with E-state index in [4.69, 9.17) is 4.74 Å². The average molecular weight is 285 g/mol. The van der Waals surface area contributed by atoms with Gasteiger partial charge in [-0.05, 0) is 41.4 Å². The first-order valence-corrected chi connectivity index (χ1v) is 5.99. The minimum Gasteiger partial charge on any atom is -0.378 e. The van der Waals surface area contributed by atoms with Gasteiger partial charge in [0.25, 0.3) is 0 Å². The predicted molar refractivity (Wildman–Crippen MR) is 64.1 cm³/mol. The monoisotopic (exact) mass is 284 g/mol. The number of nitrogens with one attached hydrogen (secondary N) is 1. The first-order valence-electron chi connectivity index (χ1n) is 5.20. The summed E-state index contributed by atoms with van der Waals surface area (Å²) in [6, 6.07) is 3.65. The number of ether oxygens (including phenoxy) is 1. The summed E-state index contributed by atoms with van der Waals surface area (Å²) in [5.74, 6) is 0.472. The topological polar surface area (TPSA) is 51.2 Å². The second kappa shape index (κ2) is 4.93. The molecule has 0 saturated carbocycles. The SMILES string of the molecule is CC1CC(C(=O)Nc2ncccc2Br)CO1. The van der Waals surface area contributed by atoms with Crippen molar-refractivity contribution in [3.05, 3.63) is 22.8 Å². The van der Waals surface area contributed by atoms with Crippen LogP contribution in [0, 0.1) is 5.92 Å². The summed E-state index contributed by atoms with van der Waals surface area (Å²) in [5.41, 5.74) is 0. The molecule has 1 aliphatic rings. The number of anilines is 1. The van der Waals surface area contributed by atoms with Gasteiger partial charge in [-0.3, -0.25) is 4.79 Å². The molecule has 1 aromatic rings. The van der Waals surface area contributed by atoms with Gasteiger partial charge in [-0.15, -0.1) is 0 Å². The summed E-state index contributed by atoms with van der Waals surface area (Å²) in [7, 11) is 0. The Labute approximate surface area is 103 Å². The van der Waals surface area contributed by atoms with Gasteiger partial charge in [0.1, 0.15) is 5.82 Å². The minimum absolute atomic E-state index is 0.0243. The lowest BCUT2D eigenvalue weighted by atomic mass is 10.1. The van der Waals surface area contributed by atoms with Crippen molar-refractivity contribution in [3.63, 3.8) is 0 Å². The van der Waals surface area contributed by atoms with Gasteiger partial charge in [0.2, 0.25) is 5.91 Å². The van der Waals surface area contributed by atoms with Crippen LogP contribution in [0.3, 0.4) is 0 Å². The van der Waals surface area contributed by atoms with Crippen molar-refractivity contribution in [2.75, 3.05) is 11.9 Å². The zero-order valence-electron chi connectivity index (χ0n) is 8.94. The van der Waals surface area contributed by atoms with E-state index >= 15 is 0 Å². The second-order valence-electron chi connectivity index (χ2n) is 3.90. The van der Waals surface area contributed by atoms with Crippen molar-refractivity contribution in [1.29, 1.82) is 0 Å². The van der Waals surface area contributed by atoms with Gasteiger partial charge in [0, 0.05) is 6.20 Å². The zero-order valence-corrected chi connectivity index (χ0v) is 10.5. The van der Waals surface area contributed by atoms with Gasteiger partial charge in [-0.1, -0.05) is 0 Å². The molecule has 1 fully saturated rings. The Kier molecular flexibility index (Phi) is 3.56. The molecule has 2 rings (SSSR count). The molecular weight excluding hydrogens is 272 g/mol. The van der Waals surface area contributed by atoms with Crippen LogP contribution in [-0.4, -0.2) is 23.6 Å². The van der Waals surface area contributed by atoms with E-state index in [0.717, 1.165) is 10.9 Å². The number of nitrogens with zero attached hydrogens (tertiary/aromatic N) is 1. The lowest BCUT2D eigenvalue weighted by molar-refractivity contribution is -0.119. The van der Waals surface area contributed by atoms with E-state index < -0.39 is 0 Å². The molecule has 1 aliphatic heterocycles. The van der Waals surface area contributed by atoms with Gasteiger partial charge in [0.15, 0.2) is 0 Å². The van der Waals surface area contributed by atoms with E-state index in [1.807, 2.05) is 13.0 Å². The highest BCUT2D eigenvalue weighted by Crippen LogP contribution is 2.23. The largest absolute Gasteiger partial charge is 0.378 e. The Morgan fingerprint density at radius 1 is 1.69 bits per heavy atom. The van der Waals surface area contributed by atoms with E-state index in [0.29, 0.717) is 12.4 Å². The van der Waals surface area contributed by atoms with Crippen molar-refractivity contribution in [2.45, 2.75) is 19.4 Å². The van der Waals surface area contributed by atoms with E-state index in [-0.39, 0.29) is 17.9 Å². The van der Waals surface area contributed by atoms with Gasteiger partial charge in [-0.25, -0.2) is 4.98 Å². The van der Waals surface area contributed by atoms with E-state index in [9.17, 15) is 4.79 Å². The van der Waals surface area contributed by atoms with Crippen LogP contribution >= 0.6 is 15.9 Å². The Morgan fingerprint density at radius 2 is 2.50 bits per heavy atom. The van der Waals surface area contributed by atoms with Crippen molar-refractivity contribution in [2.24, 2.45) is 5.92 Å². The standard InChI is InChI=1S/C11H13BrN2O2/c1-7-5-8(6-16-7)11(15)14-10-9(12)3-2-4-13-10/h2-4,7-8H,5-6H2,1H3,(H,13,14,15). The molecule has 1 aromatic heterocycles. The van der Waals surface area contributed by atoms with Crippen molar-refractivity contribution < 1.29 is 9.53 Å². The van der Waals surface area contributed by atoms with Crippen LogP contribution in [0.25, 0.3) is 0 Å². The Bertz CT molecular complexity index is 397. The molecule has 1 amide bonds. The van der Waals surface area contributed by atoms with Crippen LogP contribution in [0.1, 0.15) is 13.3 Å². The molecule has 4 nitrogen and oxygen atoms in total. The molecule has 0 aromatic carbocycles. The number of pyridine rings is 1. The molecule has 2 unspecified atom stereocenters. The molecule has 1 saturated heterocycles. The van der Waals surface area contributed by atoms with Crippen LogP contribution in [0.5, 0.6) is 0 Å². The third kappa shape index (κ3) is 2.59. The zero-order chi connectivity index (χ0) is 11.5. The molecule has 86 valence electrons. The van der Waals surface area contributed by atoms with E-state index in [2.05, 4.69) is 26.2 Å². The van der Waals surface area contributed by atoms with Gasteiger partial charge in [0.05, 0.1) is 23.1 Å². The van der Waals surface area contributed by atoms with Gasteiger partial charge >= 0.3 is 0 Å².